The number of carboxylic acid groups (broad SMARTS) is 1. The summed E-state index contributed by atoms with van der Waals surface area (Å²) in [6.45, 7) is 5.36. The van der Waals surface area contributed by atoms with Crippen LogP contribution >= 0.6 is 0 Å². The zero-order valence-electron chi connectivity index (χ0n) is 10.8. The highest BCUT2D eigenvalue weighted by atomic mass is 16.5. The van der Waals surface area contributed by atoms with E-state index in [0.29, 0.717) is 36.3 Å². The van der Waals surface area contributed by atoms with Gasteiger partial charge in [0.25, 0.3) is 5.91 Å². The zero-order valence-corrected chi connectivity index (χ0v) is 10.8. The van der Waals surface area contributed by atoms with E-state index in [1.807, 2.05) is 13.8 Å². The van der Waals surface area contributed by atoms with E-state index < -0.39 is 17.9 Å². The first-order valence-electron chi connectivity index (χ1n) is 6.00. The molecule has 1 atom stereocenters. The van der Waals surface area contributed by atoms with Crippen LogP contribution in [0.3, 0.4) is 0 Å². The molecule has 0 aliphatic rings. The van der Waals surface area contributed by atoms with Gasteiger partial charge in [0.05, 0.1) is 5.69 Å². The molecule has 100 valence electrons. The van der Waals surface area contributed by atoms with Crippen molar-refractivity contribution in [2.75, 3.05) is 0 Å². The number of amides is 1. The van der Waals surface area contributed by atoms with E-state index in [1.54, 1.807) is 6.92 Å². The zero-order chi connectivity index (χ0) is 13.7. The molecule has 0 aliphatic carbocycles. The van der Waals surface area contributed by atoms with Crippen molar-refractivity contribution >= 4 is 11.9 Å². The Morgan fingerprint density at radius 3 is 2.61 bits per heavy atom. The summed E-state index contributed by atoms with van der Waals surface area (Å²) < 4.78 is 4.95. The Morgan fingerprint density at radius 2 is 2.11 bits per heavy atom. The molecule has 1 heterocycles. The van der Waals surface area contributed by atoms with Crippen molar-refractivity contribution in [3.05, 3.63) is 17.0 Å². The third-order valence-electron chi connectivity index (χ3n) is 2.68. The maximum Gasteiger partial charge on any atom is 0.326 e. The Kier molecular flexibility index (Phi) is 4.88. The normalized spacial score (nSPS) is 12.2. The van der Waals surface area contributed by atoms with Crippen molar-refractivity contribution < 1.29 is 19.2 Å². The fraction of sp³-hybridized carbons (Fsp3) is 0.583. The van der Waals surface area contributed by atoms with E-state index in [0.717, 1.165) is 0 Å². The number of nitrogens with one attached hydrogen (secondary N) is 1. The van der Waals surface area contributed by atoms with Gasteiger partial charge in [-0.05, 0) is 19.8 Å². The number of hydrogen-bond donors (Lipinski definition) is 2. The van der Waals surface area contributed by atoms with Gasteiger partial charge in [-0.3, -0.25) is 4.79 Å². The minimum absolute atomic E-state index is 0.347. The van der Waals surface area contributed by atoms with E-state index in [9.17, 15) is 9.59 Å². The van der Waals surface area contributed by atoms with Crippen LogP contribution < -0.4 is 5.32 Å². The monoisotopic (exact) mass is 254 g/mol. The largest absolute Gasteiger partial charge is 0.480 e. The van der Waals surface area contributed by atoms with Crippen molar-refractivity contribution in [1.82, 2.24) is 10.5 Å². The average molecular weight is 254 g/mol. The highest BCUT2D eigenvalue weighted by molar-refractivity contribution is 5.98. The number of aliphatic carboxylic acids is 1. The summed E-state index contributed by atoms with van der Waals surface area (Å²) in [5.41, 5.74) is 0.894. The molecule has 1 aromatic rings. The Balaban J connectivity index is 2.86. The lowest BCUT2D eigenvalue weighted by Gasteiger charge is -2.13. The first-order chi connectivity index (χ1) is 8.51. The van der Waals surface area contributed by atoms with Gasteiger partial charge >= 0.3 is 5.97 Å². The maximum absolute atomic E-state index is 12.0. The summed E-state index contributed by atoms with van der Waals surface area (Å²) in [6.07, 6.45) is 1.64. The van der Waals surface area contributed by atoms with Crippen LogP contribution in [0.15, 0.2) is 4.52 Å². The molecule has 0 fully saturated rings. The Labute approximate surface area is 105 Å². The number of aromatic nitrogens is 1. The van der Waals surface area contributed by atoms with E-state index in [1.165, 1.54) is 0 Å². The predicted octanol–water partition coefficient (Wildman–Crippen LogP) is 1.53. The number of rotatable bonds is 6. The summed E-state index contributed by atoms with van der Waals surface area (Å²) in [6, 6.07) is -0.874. The number of hydrogen-bond acceptors (Lipinski definition) is 4. The van der Waals surface area contributed by atoms with Gasteiger partial charge in [0.15, 0.2) is 0 Å². The topological polar surface area (TPSA) is 92.4 Å². The molecule has 0 saturated carbocycles. The molecular formula is C12H18N2O4. The second-order valence-electron chi connectivity index (χ2n) is 4.07. The molecule has 18 heavy (non-hydrogen) atoms. The molecule has 0 bridgehead atoms. The number of aryl methyl sites for hydroxylation is 2. The van der Waals surface area contributed by atoms with E-state index in [4.69, 9.17) is 9.63 Å². The van der Waals surface area contributed by atoms with Crippen LogP contribution in [0.25, 0.3) is 0 Å². The van der Waals surface area contributed by atoms with Gasteiger partial charge < -0.3 is 14.9 Å². The standard InChI is InChI=1S/C12H18N2O4/c1-4-6-9(12(16)17)13-11(15)10-7(3)18-14-8(10)5-2/h9H,4-6H2,1-3H3,(H,13,15)(H,16,17)/t9-/m1/s1. The lowest BCUT2D eigenvalue weighted by molar-refractivity contribution is -0.139. The van der Waals surface area contributed by atoms with Crippen molar-refractivity contribution in [3.63, 3.8) is 0 Å². The van der Waals surface area contributed by atoms with Crippen LogP contribution in [0.4, 0.5) is 0 Å². The fourth-order valence-corrected chi connectivity index (χ4v) is 1.73. The summed E-state index contributed by atoms with van der Waals surface area (Å²) in [7, 11) is 0. The van der Waals surface area contributed by atoms with Gasteiger partial charge in [0.2, 0.25) is 0 Å². The molecule has 0 aromatic carbocycles. The Bertz CT molecular complexity index is 439. The number of nitrogens with zero attached hydrogens (tertiary/aromatic N) is 1. The molecule has 0 aliphatic heterocycles. The molecule has 1 rings (SSSR count). The van der Waals surface area contributed by atoms with Gasteiger partial charge in [-0.1, -0.05) is 25.4 Å². The molecule has 0 saturated heterocycles. The van der Waals surface area contributed by atoms with Crippen LogP contribution in [-0.4, -0.2) is 28.2 Å². The highest BCUT2D eigenvalue weighted by Crippen LogP contribution is 2.14. The van der Waals surface area contributed by atoms with Crippen molar-refractivity contribution in [2.24, 2.45) is 0 Å². The van der Waals surface area contributed by atoms with Gasteiger partial charge in [-0.25, -0.2) is 4.79 Å². The number of carboxylic acids is 1. The minimum atomic E-state index is -1.03. The lowest BCUT2D eigenvalue weighted by Crippen LogP contribution is -2.41. The summed E-state index contributed by atoms with van der Waals surface area (Å²) in [5.74, 6) is -1.06. The third-order valence-corrected chi connectivity index (χ3v) is 2.68. The van der Waals surface area contributed by atoms with Crippen molar-refractivity contribution in [3.8, 4) is 0 Å². The van der Waals surface area contributed by atoms with Crippen LogP contribution in [0.2, 0.25) is 0 Å². The SMILES string of the molecule is CCC[C@@H](NC(=O)c1c(CC)noc1C)C(=O)O. The maximum atomic E-state index is 12.0. The van der Waals surface area contributed by atoms with E-state index in [-0.39, 0.29) is 0 Å². The molecule has 0 radical (unpaired) electrons. The Hall–Kier alpha value is -1.85. The second-order valence-corrected chi connectivity index (χ2v) is 4.07. The third kappa shape index (κ3) is 3.09. The Morgan fingerprint density at radius 1 is 1.44 bits per heavy atom. The number of carbonyl (C=O) groups excluding carboxylic acids is 1. The van der Waals surface area contributed by atoms with Crippen molar-refractivity contribution in [2.45, 2.75) is 46.1 Å². The number of carbonyl (C=O) groups is 2. The molecule has 6 nitrogen and oxygen atoms in total. The molecule has 0 spiro atoms. The fourth-order valence-electron chi connectivity index (χ4n) is 1.73. The molecule has 6 heteroatoms. The molecule has 0 unspecified atom stereocenters. The lowest BCUT2D eigenvalue weighted by atomic mass is 10.1. The van der Waals surface area contributed by atoms with Crippen LogP contribution in [0.1, 0.15) is 48.5 Å². The van der Waals surface area contributed by atoms with Gasteiger partial charge in [0.1, 0.15) is 17.4 Å². The van der Waals surface area contributed by atoms with E-state index in [2.05, 4.69) is 10.5 Å². The second kappa shape index (κ2) is 6.18. The molecular weight excluding hydrogens is 236 g/mol. The quantitative estimate of drug-likeness (QED) is 0.803. The summed E-state index contributed by atoms with van der Waals surface area (Å²) in [4.78, 5) is 23.0. The van der Waals surface area contributed by atoms with Gasteiger partial charge in [-0.2, -0.15) is 0 Å². The molecule has 1 amide bonds. The summed E-state index contributed by atoms with van der Waals surface area (Å²) >= 11 is 0. The first kappa shape index (κ1) is 14.2. The van der Waals surface area contributed by atoms with Crippen LogP contribution in [0, 0.1) is 6.92 Å². The predicted molar refractivity (Wildman–Crippen MR) is 64.4 cm³/mol. The van der Waals surface area contributed by atoms with Gasteiger partial charge in [-0.15, -0.1) is 0 Å². The van der Waals surface area contributed by atoms with Crippen molar-refractivity contribution in [1.29, 1.82) is 0 Å². The minimum Gasteiger partial charge on any atom is -0.480 e. The van der Waals surface area contributed by atoms with Crippen LogP contribution in [-0.2, 0) is 11.2 Å². The van der Waals surface area contributed by atoms with E-state index >= 15 is 0 Å². The van der Waals surface area contributed by atoms with Gasteiger partial charge in [0, 0.05) is 0 Å². The smallest absolute Gasteiger partial charge is 0.326 e. The van der Waals surface area contributed by atoms with Crippen LogP contribution in [0.5, 0.6) is 0 Å². The average Bonchev–Trinajstić information content (AvgIpc) is 2.69. The first-order valence-corrected chi connectivity index (χ1v) is 6.00. The molecule has 2 N–H and O–H groups in total. The highest BCUT2D eigenvalue weighted by Gasteiger charge is 2.24. The molecule has 1 aromatic heterocycles. The summed E-state index contributed by atoms with van der Waals surface area (Å²) in [5, 5.41) is 15.3.